The van der Waals surface area contributed by atoms with Gasteiger partial charge in [0.2, 0.25) is 5.91 Å². The smallest absolute Gasteiger partial charge is 0.324 e. The lowest BCUT2D eigenvalue weighted by Gasteiger charge is -2.13. The molecule has 1 N–H and O–H groups in total. The minimum atomic E-state index is -0.449. The van der Waals surface area contributed by atoms with Crippen LogP contribution in [0.2, 0.25) is 0 Å². The molecule has 0 fully saturated rings. The lowest BCUT2D eigenvalue weighted by molar-refractivity contribution is -0.116. The summed E-state index contributed by atoms with van der Waals surface area (Å²) in [6, 6.07) is 7.33. The maximum absolute atomic E-state index is 13.0. The second-order valence-corrected chi connectivity index (χ2v) is 8.94. The summed E-state index contributed by atoms with van der Waals surface area (Å²) in [6.45, 7) is 6.23. The Morgan fingerprint density at radius 3 is 2.64 bits per heavy atom. The third-order valence-corrected chi connectivity index (χ3v) is 6.01. The van der Waals surface area contributed by atoms with E-state index in [1.165, 1.54) is 20.5 Å². The minimum absolute atomic E-state index is 0.158. The summed E-state index contributed by atoms with van der Waals surface area (Å²) in [5.41, 5.74) is 1.47. The minimum Gasteiger partial charge on any atom is -0.324 e. The predicted octanol–water partition coefficient (Wildman–Crippen LogP) is 3.98. The van der Waals surface area contributed by atoms with Crippen molar-refractivity contribution in [3.8, 4) is 0 Å². The number of nitrogens with one attached hydrogen (secondary N) is 1. The second-order valence-electron chi connectivity index (χ2n) is 7.17. The summed E-state index contributed by atoms with van der Waals surface area (Å²) >= 11 is 4.73. The Hall–Kier alpha value is -2.19. The van der Waals surface area contributed by atoms with Gasteiger partial charge in [0, 0.05) is 11.0 Å². The zero-order valence-corrected chi connectivity index (χ0v) is 18.4. The topological polar surface area (TPSA) is 73.1 Å². The van der Waals surface area contributed by atoms with Crippen molar-refractivity contribution in [2.24, 2.45) is 5.92 Å². The van der Waals surface area contributed by atoms with Crippen LogP contribution in [0.5, 0.6) is 0 Å². The van der Waals surface area contributed by atoms with E-state index in [2.05, 4.69) is 21.2 Å². The van der Waals surface area contributed by atoms with Crippen molar-refractivity contribution in [2.45, 2.75) is 40.3 Å². The third-order valence-electron chi connectivity index (χ3n) is 4.47. The molecular weight excluding hydrogens is 442 g/mol. The molecule has 1 aromatic carbocycles. The van der Waals surface area contributed by atoms with E-state index in [0.29, 0.717) is 34.8 Å². The summed E-state index contributed by atoms with van der Waals surface area (Å²) in [5.74, 6) is 0.0363. The van der Waals surface area contributed by atoms with Gasteiger partial charge in [-0.05, 0) is 64.3 Å². The Labute approximate surface area is 174 Å². The zero-order chi connectivity index (χ0) is 20.4. The lowest BCUT2D eigenvalue weighted by atomic mass is 10.1. The van der Waals surface area contributed by atoms with Gasteiger partial charge in [-0.25, -0.2) is 4.79 Å². The van der Waals surface area contributed by atoms with Gasteiger partial charge in [0.25, 0.3) is 5.56 Å². The number of hydrogen-bond acceptors (Lipinski definition) is 4. The molecule has 0 aliphatic carbocycles. The molecule has 3 rings (SSSR count). The molecule has 3 aromatic rings. The molecule has 1 amide bonds. The van der Waals surface area contributed by atoms with Gasteiger partial charge in [0.1, 0.15) is 11.2 Å². The predicted molar refractivity (Wildman–Crippen MR) is 117 cm³/mol. The maximum atomic E-state index is 13.0. The van der Waals surface area contributed by atoms with Gasteiger partial charge in [-0.1, -0.05) is 19.9 Å². The third kappa shape index (κ3) is 4.28. The Morgan fingerprint density at radius 2 is 1.96 bits per heavy atom. The molecule has 0 atom stereocenters. The summed E-state index contributed by atoms with van der Waals surface area (Å²) in [4.78, 5) is 38.3. The lowest BCUT2D eigenvalue weighted by Crippen LogP contribution is -2.41. The van der Waals surface area contributed by atoms with Crippen LogP contribution in [0.15, 0.2) is 43.7 Å². The van der Waals surface area contributed by atoms with E-state index in [1.807, 2.05) is 39.0 Å². The zero-order valence-electron chi connectivity index (χ0n) is 16.0. The van der Waals surface area contributed by atoms with E-state index in [9.17, 15) is 14.4 Å². The number of benzene rings is 1. The average molecular weight is 464 g/mol. The fourth-order valence-corrected chi connectivity index (χ4v) is 4.36. The Bertz CT molecular complexity index is 1140. The molecule has 0 bridgehead atoms. The maximum Gasteiger partial charge on any atom is 0.332 e. The summed E-state index contributed by atoms with van der Waals surface area (Å²) in [7, 11) is 0. The van der Waals surface area contributed by atoms with Crippen LogP contribution in [0.4, 0.5) is 5.69 Å². The van der Waals surface area contributed by atoms with Crippen molar-refractivity contribution in [1.82, 2.24) is 9.13 Å². The van der Waals surface area contributed by atoms with Gasteiger partial charge in [-0.3, -0.25) is 18.7 Å². The number of anilines is 1. The van der Waals surface area contributed by atoms with Crippen LogP contribution in [0, 0.1) is 12.8 Å². The number of hydrogen-bond donors (Lipinski definition) is 1. The van der Waals surface area contributed by atoms with Crippen molar-refractivity contribution in [1.29, 1.82) is 0 Å². The Balaban J connectivity index is 1.95. The number of carbonyl (C=O) groups excluding carboxylic acids is 1. The van der Waals surface area contributed by atoms with E-state index >= 15 is 0 Å². The van der Waals surface area contributed by atoms with Crippen molar-refractivity contribution < 1.29 is 4.79 Å². The van der Waals surface area contributed by atoms with Gasteiger partial charge in [0.05, 0.1) is 11.2 Å². The SMILES string of the molecule is Cc1ccc(NC(=O)Cn2c(=O)n(CCC(C)C)c(=O)c3sccc32)c(Br)c1. The molecule has 148 valence electrons. The van der Waals surface area contributed by atoms with Crippen LogP contribution >= 0.6 is 27.3 Å². The monoisotopic (exact) mass is 463 g/mol. The molecule has 2 aromatic heterocycles. The van der Waals surface area contributed by atoms with E-state index in [4.69, 9.17) is 0 Å². The van der Waals surface area contributed by atoms with Crippen LogP contribution in [-0.2, 0) is 17.9 Å². The average Bonchev–Trinajstić information content (AvgIpc) is 3.10. The second kappa shape index (κ2) is 8.45. The number of rotatable bonds is 6. The van der Waals surface area contributed by atoms with E-state index in [-0.39, 0.29) is 18.0 Å². The summed E-state index contributed by atoms with van der Waals surface area (Å²) in [5, 5.41) is 4.59. The van der Waals surface area contributed by atoms with Crippen molar-refractivity contribution in [3.63, 3.8) is 0 Å². The fraction of sp³-hybridized carbons (Fsp3) is 0.350. The normalized spacial score (nSPS) is 11.3. The molecule has 0 aliphatic rings. The number of amides is 1. The molecule has 6 nitrogen and oxygen atoms in total. The standard InChI is InChI=1S/C20H22BrN3O3S/c1-12(2)6-8-23-19(26)18-16(7-9-28-18)24(20(23)27)11-17(25)22-15-5-4-13(3)10-14(15)21/h4-5,7,9-10,12H,6,8,11H2,1-3H3,(H,22,25). The van der Waals surface area contributed by atoms with E-state index in [0.717, 1.165) is 10.0 Å². The van der Waals surface area contributed by atoms with E-state index < -0.39 is 5.69 Å². The molecule has 0 saturated heterocycles. The van der Waals surface area contributed by atoms with Crippen LogP contribution in [-0.4, -0.2) is 15.0 Å². The highest BCUT2D eigenvalue weighted by molar-refractivity contribution is 9.10. The van der Waals surface area contributed by atoms with Gasteiger partial charge < -0.3 is 5.32 Å². The van der Waals surface area contributed by atoms with Crippen molar-refractivity contribution >= 4 is 49.1 Å². The number of carbonyl (C=O) groups is 1. The van der Waals surface area contributed by atoms with Crippen LogP contribution in [0.25, 0.3) is 10.2 Å². The van der Waals surface area contributed by atoms with Crippen LogP contribution in [0.3, 0.4) is 0 Å². The molecule has 0 spiro atoms. The Kier molecular flexibility index (Phi) is 6.20. The number of nitrogens with zero attached hydrogens (tertiary/aromatic N) is 2. The number of aryl methyl sites for hydroxylation is 1. The summed E-state index contributed by atoms with van der Waals surface area (Å²) in [6.07, 6.45) is 0.717. The van der Waals surface area contributed by atoms with Gasteiger partial charge in [-0.2, -0.15) is 0 Å². The first-order valence-electron chi connectivity index (χ1n) is 9.04. The van der Waals surface area contributed by atoms with Gasteiger partial charge in [0.15, 0.2) is 0 Å². The van der Waals surface area contributed by atoms with Crippen LogP contribution in [0.1, 0.15) is 25.8 Å². The molecular formula is C20H22BrN3O3S. The van der Waals surface area contributed by atoms with Crippen molar-refractivity contribution in [3.05, 3.63) is 60.5 Å². The van der Waals surface area contributed by atoms with Crippen molar-refractivity contribution in [2.75, 3.05) is 5.32 Å². The quantitative estimate of drug-likeness (QED) is 0.600. The molecule has 0 radical (unpaired) electrons. The van der Waals surface area contributed by atoms with Gasteiger partial charge in [-0.15, -0.1) is 11.3 Å². The largest absolute Gasteiger partial charge is 0.332 e. The molecule has 28 heavy (non-hydrogen) atoms. The van der Waals surface area contributed by atoms with Crippen LogP contribution < -0.4 is 16.6 Å². The fourth-order valence-electron chi connectivity index (χ4n) is 2.93. The molecule has 0 saturated carbocycles. The highest BCUT2D eigenvalue weighted by Gasteiger charge is 2.17. The molecule has 8 heteroatoms. The number of fused-ring (bicyclic) bond motifs is 1. The Morgan fingerprint density at radius 1 is 1.21 bits per heavy atom. The van der Waals surface area contributed by atoms with E-state index in [1.54, 1.807) is 11.4 Å². The molecule has 0 unspecified atom stereocenters. The number of thiophene rings is 1. The first-order valence-corrected chi connectivity index (χ1v) is 10.7. The first kappa shape index (κ1) is 20.5. The number of halogens is 1. The summed E-state index contributed by atoms with van der Waals surface area (Å²) < 4.78 is 3.89. The first-order chi connectivity index (χ1) is 13.3. The van der Waals surface area contributed by atoms with Gasteiger partial charge >= 0.3 is 5.69 Å². The molecule has 2 heterocycles. The number of aromatic nitrogens is 2. The highest BCUT2D eigenvalue weighted by Crippen LogP contribution is 2.23. The highest BCUT2D eigenvalue weighted by atomic mass is 79.9. The molecule has 0 aliphatic heterocycles.